The molecule has 0 bridgehead atoms. The van der Waals surface area contributed by atoms with Gasteiger partial charge < -0.3 is 20.1 Å². The van der Waals surface area contributed by atoms with E-state index in [1.54, 1.807) is 56.7 Å². The SMILES string of the molecule is COc1ccc(/C=C/C(=O)Nc2cccc(NC(C)=O)c2)cc1OC. The lowest BCUT2D eigenvalue weighted by Crippen LogP contribution is -2.09. The zero-order valence-corrected chi connectivity index (χ0v) is 14.3. The van der Waals surface area contributed by atoms with Gasteiger partial charge in [0.2, 0.25) is 11.8 Å². The van der Waals surface area contributed by atoms with Crippen LogP contribution in [0.25, 0.3) is 6.08 Å². The monoisotopic (exact) mass is 340 g/mol. The predicted molar refractivity (Wildman–Crippen MR) is 98.0 cm³/mol. The molecule has 0 unspecified atom stereocenters. The molecule has 0 saturated carbocycles. The maximum atomic E-state index is 12.1. The Balaban J connectivity index is 2.05. The van der Waals surface area contributed by atoms with Crippen molar-refractivity contribution in [3.8, 4) is 11.5 Å². The van der Waals surface area contributed by atoms with Crippen LogP contribution in [0.2, 0.25) is 0 Å². The summed E-state index contributed by atoms with van der Waals surface area (Å²) in [6, 6.07) is 12.3. The highest BCUT2D eigenvalue weighted by molar-refractivity contribution is 6.02. The first kappa shape index (κ1) is 18.1. The van der Waals surface area contributed by atoms with E-state index < -0.39 is 0 Å². The maximum absolute atomic E-state index is 12.1. The van der Waals surface area contributed by atoms with E-state index in [0.29, 0.717) is 22.9 Å². The minimum Gasteiger partial charge on any atom is -0.493 e. The number of ether oxygens (including phenoxy) is 2. The van der Waals surface area contributed by atoms with E-state index in [9.17, 15) is 9.59 Å². The summed E-state index contributed by atoms with van der Waals surface area (Å²) in [6.07, 6.45) is 3.10. The van der Waals surface area contributed by atoms with E-state index in [4.69, 9.17) is 9.47 Å². The molecule has 0 fully saturated rings. The Hall–Kier alpha value is -3.28. The molecular weight excluding hydrogens is 320 g/mol. The van der Waals surface area contributed by atoms with Crippen LogP contribution >= 0.6 is 0 Å². The fraction of sp³-hybridized carbons (Fsp3) is 0.158. The lowest BCUT2D eigenvalue weighted by atomic mass is 10.2. The summed E-state index contributed by atoms with van der Waals surface area (Å²) in [7, 11) is 3.12. The first-order valence-electron chi connectivity index (χ1n) is 7.60. The number of hydrogen-bond donors (Lipinski definition) is 2. The summed E-state index contributed by atoms with van der Waals surface area (Å²) in [4.78, 5) is 23.1. The third-order valence-corrected chi connectivity index (χ3v) is 3.29. The highest BCUT2D eigenvalue weighted by Gasteiger charge is 2.04. The molecule has 2 rings (SSSR count). The second-order valence-corrected chi connectivity index (χ2v) is 5.20. The number of amides is 2. The van der Waals surface area contributed by atoms with Crippen molar-refractivity contribution in [3.05, 3.63) is 54.1 Å². The van der Waals surface area contributed by atoms with E-state index in [1.165, 1.54) is 13.0 Å². The molecule has 6 nitrogen and oxygen atoms in total. The predicted octanol–water partition coefficient (Wildman–Crippen LogP) is 3.31. The van der Waals surface area contributed by atoms with Crippen molar-refractivity contribution in [3.63, 3.8) is 0 Å². The summed E-state index contributed by atoms with van der Waals surface area (Å²) in [5, 5.41) is 5.41. The van der Waals surface area contributed by atoms with E-state index in [0.717, 1.165) is 5.56 Å². The topological polar surface area (TPSA) is 76.7 Å². The van der Waals surface area contributed by atoms with Crippen molar-refractivity contribution >= 4 is 29.3 Å². The smallest absolute Gasteiger partial charge is 0.248 e. The molecule has 0 saturated heterocycles. The number of benzene rings is 2. The van der Waals surface area contributed by atoms with E-state index >= 15 is 0 Å². The second kappa shape index (κ2) is 8.54. The van der Waals surface area contributed by atoms with Gasteiger partial charge in [0, 0.05) is 24.4 Å². The van der Waals surface area contributed by atoms with Gasteiger partial charge in [0.25, 0.3) is 0 Å². The van der Waals surface area contributed by atoms with E-state index in [1.807, 2.05) is 6.07 Å². The fourth-order valence-electron chi connectivity index (χ4n) is 2.19. The Morgan fingerprint density at radius 1 is 0.920 bits per heavy atom. The lowest BCUT2D eigenvalue weighted by molar-refractivity contribution is -0.114. The number of methoxy groups -OCH3 is 2. The minimum absolute atomic E-state index is 0.170. The molecule has 0 atom stereocenters. The van der Waals surface area contributed by atoms with Crippen molar-refractivity contribution < 1.29 is 19.1 Å². The van der Waals surface area contributed by atoms with Crippen LogP contribution < -0.4 is 20.1 Å². The van der Waals surface area contributed by atoms with Gasteiger partial charge in [0.15, 0.2) is 11.5 Å². The molecule has 25 heavy (non-hydrogen) atoms. The van der Waals surface area contributed by atoms with Gasteiger partial charge in [-0.25, -0.2) is 0 Å². The van der Waals surface area contributed by atoms with Crippen molar-refractivity contribution in [2.75, 3.05) is 24.9 Å². The highest BCUT2D eigenvalue weighted by Crippen LogP contribution is 2.28. The van der Waals surface area contributed by atoms with Crippen molar-refractivity contribution in [1.82, 2.24) is 0 Å². The Morgan fingerprint density at radius 2 is 1.60 bits per heavy atom. The molecule has 0 heterocycles. The largest absolute Gasteiger partial charge is 0.493 e. The minimum atomic E-state index is -0.283. The van der Waals surface area contributed by atoms with Gasteiger partial charge in [-0.15, -0.1) is 0 Å². The van der Waals surface area contributed by atoms with Crippen LogP contribution in [0.15, 0.2) is 48.5 Å². The number of rotatable bonds is 6. The normalized spacial score (nSPS) is 10.4. The molecule has 0 aliphatic carbocycles. The molecule has 130 valence electrons. The quantitative estimate of drug-likeness (QED) is 0.791. The maximum Gasteiger partial charge on any atom is 0.248 e. The Bertz CT molecular complexity index is 800. The first-order chi connectivity index (χ1) is 12.0. The van der Waals surface area contributed by atoms with Gasteiger partial charge in [-0.1, -0.05) is 12.1 Å². The van der Waals surface area contributed by atoms with E-state index in [-0.39, 0.29) is 11.8 Å². The number of carbonyl (C=O) groups is 2. The number of hydrogen-bond acceptors (Lipinski definition) is 4. The molecule has 0 spiro atoms. The van der Waals surface area contributed by atoms with Crippen LogP contribution in [-0.2, 0) is 9.59 Å². The molecule has 2 aromatic carbocycles. The molecular formula is C19H20N2O4. The molecule has 0 aliphatic rings. The third kappa shape index (κ3) is 5.39. The molecule has 0 aliphatic heterocycles. The molecule has 2 N–H and O–H groups in total. The van der Waals surface area contributed by atoms with Gasteiger partial charge in [0.1, 0.15) is 0 Å². The summed E-state index contributed by atoms with van der Waals surface area (Å²) < 4.78 is 10.4. The van der Waals surface area contributed by atoms with Gasteiger partial charge in [-0.2, -0.15) is 0 Å². The lowest BCUT2D eigenvalue weighted by Gasteiger charge is -2.08. The third-order valence-electron chi connectivity index (χ3n) is 3.29. The fourth-order valence-corrected chi connectivity index (χ4v) is 2.19. The van der Waals surface area contributed by atoms with Crippen LogP contribution in [0.1, 0.15) is 12.5 Å². The first-order valence-corrected chi connectivity index (χ1v) is 7.60. The second-order valence-electron chi connectivity index (χ2n) is 5.20. The van der Waals surface area contributed by atoms with Gasteiger partial charge in [0.05, 0.1) is 14.2 Å². The van der Waals surface area contributed by atoms with Crippen LogP contribution in [0.4, 0.5) is 11.4 Å². The van der Waals surface area contributed by atoms with Crippen LogP contribution in [0.3, 0.4) is 0 Å². The van der Waals surface area contributed by atoms with Gasteiger partial charge >= 0.3 is 0 Å². The van der Waals surface area contributed by atoms with Crippen LogP contribution in [-0.4, -0.2) is 26.0 Å². The molecule has 2 aromatic rings. The highest BCUT2D eigenvalue weighted by atomic mass is 16.5. The average Bonchev–Trinajstić information content (AvgIpc) is 2.59. The van der Waals surface area contributed by atoms with Crippen molar-refractivity contribution in [2.24, 2.45) is 0 Å². The molecule has 0 aromatic heterocycles. The zero-order chi connectivity index (χ0) is 18.2. The number of anilines is 2. The molecule has 0 radical (unpaired) electrons. The van der Waals surface area contributed by atoms with Crippen LogP contribution in [0, 0.1) is 0 Å². The number of carbonyl (C=O) groups excluding carboxylic acids is 2. The summed E-state index contributed by atoms with van der Waals surface area (Å²) in [5.41, 5.74) is 2.02. The Labute approximate surface area is 146 Å². The summed E-state index contributed by atoms with van der Waals surface area (Å²) in [6.45, 7) is 1.43. The van der Waals surface area contributed by atoms with Gasteiger partial charge in [-0.3, -0.25) is 9.59 Å². The Kier molecular flexibility index (Phi) is 6.17. The number of nitrogens with one attached hydrogen (secondary N) is 2. The van der Waals surface area contributed by atoms with Crippen molar-refractivity contribution in [2.45, 2.75) is 6.92 Å². The Morgan fingerprint density at radius 3 is 2.24 bits per heavy atom. The average molecular weight is 340 g/mol. The van der Waals surface area contributed by atoms with E-state index in [2.05, 4.69) is 10.6 Å². The molecule has 6 heteroatoms. The standard InChI is InChI=1S/C19H20N2O4/c1-13(22)20-15-5-4-6-16(12-15)21-19(23)10-8-14-7-9-17(24-2)18(11-14)25-3/h4-12H,1-3H3,(H,20,22)(H,21,23)/b10-8+. The van der Waals surface area contributed by atoms with Crippen LogP contribution in [0.5, 0.6) is 11.5 Å². The molecule has 2 amide bonds. The van der Waals surface area contributed by atoms with Gasteiger partial charge in [-0.05, 0) is 42.0 Å². The summed E-state index contributed by atoms with van der Waals surface area (Å²) >= 11 is 0. The zero-order valence-electron chi connectivity index (χ0n) is 14.3. The van der Waals surface area contributed by atoms with Crippen molar-refractivity contribution in [1.29, 1.82) is 0 Å². The summed E-state index contributed by atoms with van der Waals surface area (Å²) in [5.74, 6) is 0.763.